The molecule has 2 rings (SSSR count). The number of hydrogen-bond donors (Lipinski definition) is 0. The third-order valence-corrected chi connectivity index (χ3v) is 3.93. The molecule has 0 unspecified atom stereocenters. The Morgan fingerprint density at radius 1 is 0.880 bits per heavy atom. The van der Waals surface area contributed by atoms with Gasteiger partial charge in [0.05, 0.1) is 14.2 Å². The number of ether oxygens (including phenoxy) is 4. The minimum absolute atomic E-state index is 0.296. The van der Waals surface area contributed by atoms with Gasteiger partial charge in [0.15, 0.2) is 36.7 Å². The fraction of sp³-hybridized carbons (Fsp3) is 0.450. The molecule has 0 saturated carbocycles. The number of benzene rings is 1. The van der Waals surface area contributed by atoms with E-state index in [-0.39, 0.29) is 6.29 Å². The average molecular weight is 346 g/mol. The minimum Gasteiger partial charge on any atom is -0.493 e. The second-order valence-corrected chi connectivity index (χ2v) is 5.55. The van der Waals surface area contributed by atoms with Gasteiger partial charge in [0.2, 0.25) is 0 Å². The number of pyridine rings is 1. The first kappa shape index (κ1) is 19.2. The molecule has 0 fully saturated rings. The summed E-state index contributed by atoms with van der Waals surface area (Å²) in [6.07, 6.45) is 4.72. The summed E-state index contributed by atoms with van der Waals surface area (Å²) in [4.78, 5) is 0. The number of aryl methyl sites for hydroxylation is 2. The van der Waals surface area contributed by atoms with Gasteiger partial charge in [-0.2, -0.15) is 0 Å². The van der Waals surface area contributed by atoms with E-state index in [1.54, 1.807) is 14.2 Å². The van der Waals surface area contributed by atoms with Crippen molar-refractivity contribution in [2.45, 2.75) is 33.1 Å². The van der Waals surface area contributed by atoms with E-state index in [2.05, 4.69) is 23.0 Å². The predicted molar refractivity (Wildman–Crippen MR) is 95.9 cm³/mol. The Balaban J connectivity index is 1.99. The van der Waals surface area contributed by atoms with Crippen molar-refractivity contribution >= 4 is 0 Å². The molecule has 1 aromatic heterocycles. The van der Waals surface area contributed by atoms with Crippen molar-refractivity contribution in [1.29, 1.82) is 0 Å². The fourth-order valence-corrected chi connectivity index (χ4v) is 2.61. The van der Waals surface area contributed by atoms with Crippen molar-refractivity contribution in [2.24, 2.45) is 0 Å². The van der Waals surface area contributed by atoms with Crippen LogP contribution in [0.5, 0.6) is 11.5 Å². The molecule has 0 spiro atoms. The van der Waals surface area contributed by atoms with Crippen LogP contribution in [0.4, 0.5) is 0 Å². The summed E-state index contributed by atoms with van der Waals surface area (Å²) in [5.74, 6) is 1.51. The van der Waals surface area contributed by atoms with Crippen LogP contribution in [0.3, 0.4) is 0 Å². The molecular formula is C20H28NO4+. The predicted octanol–water partition coefficient (Wildman–Crippen LogP) is 3.31. The van der Waals surface area contributed by atoms with Gasteiger partial charge in [-0.1, -0.05) is 6.07 Å². The van der Waals surface area contributed by atoms with Gasteiger partial charge in [0, 0.05) is 37.3 Å². The molecule has 5 nitrogen and oxygen atoms in total. The van der Waals surface area contributed by atoms with Gasteiger partial charge >= 0.3 is 0 Å². The highest BCUT2D eigenvalue weighted by molar-refractivity contribution is 5.42. The van der Waals surface area contributed by atoms with Crippen molar-refractivity contribution in [2.75, 3.05) is 27.4 Å². The lowest BCUT2D eigenvalue weighted by Gasteiger charge is -2.16. The summed E-state index contributed by atoms with van der Waals surface area (Å²) in [6.45, 7) is 6.07. The van der Waals surface area contributed by atoms with E-state index in [1.165, 1.54) is 5.56 Å². The third kappa shape index (κ3) is 5.44. The van der Waals surface area contributed by atoms with Crippen LogP contribution in [0.2, 0.25) is 0 Å². The lowest BCUT2D eigenvalue weighted by Crippen LogP contribution is -2.34. The van der Waals surface area contributed by atoms with Crippen LogP contribution in [-0.4, -0.2) is 27.4 Å². The Kier molecular flexibility index (Phi) is 7.70. The van der Waals surface area contributed by atoms with Crippen LogP contribution < -0.4 is 14.0 Å². The molecule has 0 amide bonds. The molecule has 0 aliphatic carbocycles. The number of nitrogens with zero attached hydrogens (tertiary/aromatic N) is 1. The van der Waals surface area contributed by atoms with Crippen LogP contribution in [0.25, 0.3) is 0 Å². The molecule has 5 heteroatoms. The number of methoxy groups -OCH3 is 2. The van der Waals surface area contributed by atoms with Gasteiger partial charge in [-0.25, -0.2) is 4.57 Å². The van der Waals surface area contributed by atoms with Gasteiger partial charge in [0.1, 0.15) is 0 Å². The number of hydrogen-bond acceptors (Lipinski definition) is 4. The first-order chi connectivity index (χ1) is 12.2. The molecule has 0 atom stereocenters. The second-order valence-electron chi connectivity index (χ2n) is 5.55. The van der Waals surface area contributed by atoms with E-state index in [1.807, 2.05) is 38.1 Å². The van der Waals surface area contributed by atoms with Crippen molar-refractivity contribution < 1.29 is 23.5 Å². The Labute approximate surface area is 150 Å². The quantitative estimate of drug-likeness (QED) is 0.489. The van der Waals surface area contributed by atoms with Gasteiger partial charge < -0.3 is 18.9 Å². The highest BCUT2D eigenvalue weighted by atomic mass is 16.7. The van der Waals surface area contributed by atoms with Gasteiger partial charge in [-0.3, -0.25) is 0 Å². The first-order valence-electron chi connectivity index (χ1n) is 8.64. The summed E-state index contributed by atoms with van der Waals surface area (Å²) >= 11 is 0. The SMILES string of the molecule is CCOC(OCC)c1cc[n+](CCc2ccc(OC)c(OC)c2)cc1. The summed E-state index contributed by atoms with van der Waals surface area (Å²) in [5.41, 5.74) is 2.24. The molecule has 1 heterocycles. The largest absolute Gasteiger partial charge is 0.493 e. The lowest BCUT2D eigenvalue weighted by atomic mass is 10.1. The Morgan fingerprint density at radius 2 is 1.52 bits per heavy atom. The van der Waals surface area contributed by atoms with Crippen molar-refractivity contribution in [1.82, 2.24) is 0 Å². The Morgan fingerprint density at radius 3 is 2.08 bits per heavy atom. The summed E-state index contributed by atoms with van der Waals surface area (Å²) in [6, 6.07) is 10.1. The Hall–Kier alpha value is -2.11. The molecule has 0 radical (unpaired) electrons. The maximum absolute atomic E-state index is 5.63. The first-order valence-corrected chi connectivity index (χ1v) is 8.64. The number of aromatic nitrogens is 1. The number of rotatable bonds is 10. The zero-order valence-electron chi connectivity index (χ0n) is 15.5. The highest BCUT2D eigenvalue weighted by Crippen LogP contribution is 2.27. The maximum atomic E-state index is 5.63. The molecule has 0 N–H and O–H groups in total. The topological polar surface area (TPSA) is 40.8 Å². The zero-order chi connectivity index (χ0) is 18.1. The summed E-state index contributed by atoms with van der Waals surface area (Å²) in [5, 5.41) is 0. The average Bonchev–Trinajstić information content (AvgIpc) is 2.66. The molecule has 1 aromatic carbocycles. The van der Waals surface area contributed by atoms with E-state index in [9.17, 15) is 0 Å². The van der Waals surface area contributed by atoms with E-state index in [0.717, 1.165) is 30.0 Å². The second kappa shape index (κ2) is 10.0. The molecule has 25 heavy (non-hydrogen) atoms. The van der Waals surface area contributed by atoms with Crippen molar-refractivity contribution in [3.8, 4) is 11.5 Å². The van der Waals surface area contributed by atoms with E-state index >= 15 is 0 Å². The molecule has 0 aliphatic heterocycles. The van der Waals surface area contributed by atoms with Gasteiger partial charge in [0.25, 0.3) is 0 Å². The molecule has 2 aromatic rings. The zero-order valence-corrected chi connectivity index (χ0v) is 15.5. The van der Waals surface area contributed by atoms with Crippen molar-refractivity contribution in [3.63, 3.8) is 0 Å². The van der Waals surface area contributed by atoms with Crippen molar-refractivity contribution in [3.05, 3.63) is 53.9 Å². The minimum atomic E-state index is -0.296. The van der Waals surface area contributed by atoms with E-state index in [4.69, 9.17) is 18.9 Å². The van der Waals surface area contributed by atoms with Crippen LogP contribution in [0, 0.1) is 0 Å². The summed E-state index contributed by atoms with van der Waals surface area (Å²) < 4.78 is 24.0. The molecule has 0 saturated heterocycles. The standard InChI is InChI=1S/C20H28NO4/c1-5-24-20(25-6-2)17-10-13-21(14-11-17)12-9-16-7-8-18(22-3)19(15-16)23-4/h7-8,10-11,13-15,20H,5-6,9,12H2,1-4H3/q+1. The van der Waals surface area contributed by atoms with E-state index in [0.29, 0.717) is 13.2 Å². The molecular weight excluding hydrogens is 318 g/mol. The van der Waals surface area contributed by atoms with E-state index < -0.39 is 0 Å². The summed E-state index contributed by atoms with van der Waals surface area (Å²) in [7, 11) is 3.30. The smallest absolute Gasteiger partial charge is 0.184 e. The van der Waals surface area contributed by atoms with Crippen LogP contribution >= 0.6 is 0 Å². The molecule has 0 bridgehead atoms. The highest BCUT2D eigenvalue weighted by Gasteiger charge is 2.13. The third-order valence-electron chi connectivity index (χ3n) is 3.93. The normalized spacial score (nSPS) is 10.9. The Bertz CT molecular complexity index is 637. The molecule has 0 aliphatic rings. The lowest BCUT2D eigenvalue weighted by molar-refractivity contribution is -0.696. The molecule has 136 valence electrons. The van der Waals surface area contributed by atoms with Crippen LogP contribution in [0.15, 0.2) is 42.7 Å². The van der Waals surface area contributed by atoms with Crippen LogP contribution in [-0.2, 0) is 22.4 Å². The maximum Gasteiger partial charge on any atom is 0.184 e. The monoisotopic (exact) mass is 346 g/mol. The fourth-order valence-electron chi connectivity index (χ4n) is 2.61. The van der Waals surface area contributed by atoms with Gasteiger partial charge in [-0.05, 0) is 31.5 Å². The van der Waals surface area contributed by atoms with Gasteiger partial charge in [-0.15, -0.1) is 0 Å². The van der Waals surface area contributed by atoms with Crippen LogP contribution in [0.1, 0.15) is 31.3 Å².